The molecule has 0 aliphatic carbocycles. The second kappa shape index (κ2) is 8.88. The maximum absolute atomic E-state index is 13.4. The molecule has 35 heavy (non-hydrogen) atoms. The highest BCUT2D eigenvalue weighted by Gasteiger charge is 2.26. The van der Waals surface area contributed by atoms with Crippen molar-refractivity contribution in [1.82, 2.24) is 19.3 Å². The molecule has 3 N–H and O–H groups in total. The quantitative estimate of drug-likeness (QED) is 0.456. The van der Waals surface area contributed by atoms with Gasteiger partial charge >= 0.3 is 0 Å². The van der Waals surface area contributed by atoms with Crippen LogP contribution in [0, 0.1) is 6.92 Å². The van der Waals surface area contributed by atoms with E-state index < -0.39 is 11.5 Å². The van der Waals surface area contributed by atoms with Crippen LogP contribution < -0.4 is 26.2 Å². The van der Waals surface area contributed by atoms with E-state index in [2.05, 4.69) is 15.3 Å². The Bertz CT molecular complexity index is 1490. The lowest BCUT2D eigenvalue weighted by Crippen LogP contribution is -2.31. The van der Waals surface area contributed by atoms with E-state index in [4.69, 9.17) is 15.5 Å². The summed E-state index contributed by atoms with van der Waals surface area (Å²) in [6, 6.07) is 12.2. The zero-order valence-corrected chi connectivity index (χ0v) is 19.9. The number of carbonyl (C=O) groups is 1. The minimum absolute atomic E-state index is 0.0349. The fourth-order valence-corrected chi connectivity index (χ4v) is 4.52. The molecule has 3 heterocycles. The summed E-state index contributed by atoms with van der Waals surface area (Å²) in [4.78, 5) is 33.5. The van der Waals surface area contributed by atoms with Gasteiger partial charge in [0.1, 0.15) is 28.3 Å². The maximum atomic E-state index is 13.4. The molecular weight excluding hydrogens is 446 g/mol. The molecule has 1 aliphatic rings. The summed E-state index contributed by atoms with van der Waals surface area (Å²) in [5.41, 5.74) is 9.19. The second-order valence-electron chi connectivity index (χ2n) is 8.63. The van der Waals surface area contributed by atoms with Crippen molar-refractivity contribution in [3.05, 3.63) is 70.4 Å². The molecule has 2 aromatic heterocycles. The van der Waals surface area contributed by atoms with Crippen molar-refractivity contribution in [1.29, 1.82) is 0 Å². The average molecular weight is 474 g/mol. The van der Waals surface area contributed by atoms with Crippen molar-refractivity contribution >= 4 is 28.3 Å². The third kappa shape index (κ3) is 3.91. The van der Waals surface area contributed by atoms with Crippen molar-refractivity contribution in [3.8, 4) is 11.4 Å². The normalized spacial score (nSPS) is 15.5. The Kier molecular flexibility index (Phi) is 5.73. The van der Waals surface area contributed by atoms with Gasteiger partial charge in [0.2, 0.25) is 0 Å². The molecule has 1 saturated heterocycles. The van der Waals surface area contributed by atoms with Crippen LogP contribution in [-0.2, 0) is 7.05 Å². The second-order valence-corrected chi connectivity index (χ2v) is 8.63. The number of hydrogen-bond donors (Lipinski definition) is 2. The lowest BCUT2D eigenvalue weighted by molar-refractivity contribution is 0.102. The van der Waals surface area contributed by atoms with Crippen LogP contribution in [0.15, 0.2) is 53.5 Å². The molecule has 180 valence electrons. The molecule has 0 saturated carbocycles. The van der Waals surface area contributed by atoms with Crippen LogP contribution in [0.5, 0.6) is 5.75 Å². The molecule has 2 aromatic carbocycles. The number of fused-ring (bicyclic) bond motifs is 1. The number of methoxy groups -OCH3 is 1. The standard InChI is InChI=1S/C25H27N7O3/c1-15-28-22-20(30(15)2)9-8-18(23(22)31-13-11-16(26)14-31)29-24(33)17-10-12-27-32(25(17)34)19-6-4-5-7-21(19)35-3/h4-10,12,16H,11,13-14,26H2,1-3H3,(H,29,33)/t16-/m0/s1. The molecule has 0 spiro atoms. The lowest BCUT2D eigenvalue weighted by atomic mass is 10.2. The number of aryl methyl sites for hydroxylation is 2. The van der Waals surface area contributed by atoms with Crippen molar-refractivity contribution < 1.29 is 9.53 Å². The first-order valence-corrected chi connectivity index (χ1v) is 11.4. The molecule has 1 atom stereocenters. The molecule has 1 fully saturated rings. The number of aromatic nitrogens is 4. The molecule has 0 bridgehead atoms. The van der Waals surface area contributed by atoms with E-state index in [0.29, 0.717) is 23.7 Å². The van der Waals surface area contributed by atoms with Crippen LogP contribution in [0.2, 0.25) is 0 Å². The van der Waals surface area contributed by atoms with E-state index in [1.165, 1.54) is 24.1 Å². The molecular formula is C25H27N7O3. The highest BCUT2D eigenvalue weighted by atomic mass is 16.5. The number of amides is 1. The topological polar surface area (TPSA) is 120 Å². The Balaban J connectivity index is 1.56. The number of para-hydroxylation sites is 2. The van der Waals surface area contributed by atoms with Crippen molar-refractivity contribution in [2.75, 3.05) is 30.4 Å². The van der Waals surface area contributed by atoms with Crippen LogP contribution in [0.3, 0.4) is 0 Å². The summed E-state index contributed by atoms with van der Waals surface area (Å²) in [6.45, 7) is 3.36. The molecule has 10 nitrogen and oxygen atoms in total. The van der Waals surface area contributed by atoms with Crippen LogP contribution >= 0.6 is 0 Å². The molecule has 10 heteroatoms. The van der Waals surface area contributed by atoms with Gasteiger partial charge in [0, 0.05) is 32.4 Å². The first-order chi connectivity index (χ1) is 16.9. The number of nitrogens with two attached hydrogens (primary N) is 1. The summed E-state index contributed by atoms with van der Waals surface area (Å²) in [7, 11) is 3.47. The monoisotopic (exact) mass is 473 g/mol. The third-order valence-corrected chi connectivity index (χ3v) is 6.44. The van der Waals surface area contributed by atoms with Gasteiger partial charge in [-0.25, -0.2) is 4.98 Å². The Morgan fingerprint density at radius 2 is 2.00 bits per heavy atom. The average Bonchev–Trinajstić information content (AvgIpc) is 3.41. The summed E-state index contributed by atoms with van der Waals surface area (Å²) < 4.78 is 8.53. The Labute approximate surface area is 201 Å². The number of nitrogens with one attached hydrogen (secondary N) is 1. The number of imidazole rings is 1. The Hall–Kier alpha value is -4.18. The maximum Gasteiger partial charge on any atom is 0.284 e. The van der Waals surface area contributed by atoms with E-state index in [9.17, 15) is 9.59 Å². The predicted molar refractivity (Wildman–Crippen MR) is 135 cm³/mol. The smallest absolute Gasteiger partial charge is 0.284 e. The van der Waals surface area contributed by atoms with E-state index in [1.807, 2.05) is 30.7 Å². The van der Waals surface area contributed by atoms with Gasteiger partial charge in [-0.15, -0.1) is 0 Å². The van der Waals surface area contributed by atoms with Crippen LogP contribution in [0.4, 0.5) is 11.4 Å². The van der Waals surface area contributed by atoms with Crippen LogP contribution in [0.1, 0.15) is 22.6 Å². The van der Waals surface area contributed by atoms with Gasteiger partial charge in [-0.2, -0.15) is 9.78 Å². The summed E-state index contributed by atoms with van der Waals surface area (Å²) in [6.07, 6.45) is 2.28. The number of ether oxygens (including phenoxy) is 1. The lowest BCUT2D eigenvalue weighted by Gasteiger charge is -2.22. The van der Waals surface area contributed by atoms with Gasteiger partial charge in [-0.05, 0) is 43.7 Å². The van der Waals surface area contributed by atoms with Gasteiger partial charge in [0.05, 0.1) is 24.0 Å². The number of hydrogen-bond acceptors (Lipinski definition) is 7. The van der Waals surface area contributed by atoms with Crippen molar-refractivity contribution in [2.24, 2.45) is 12.8 Å². The van der Waals surface area contributed by atoms with Gasteiger partial charge in [0.15, 0.2) is 0 Å². The minimum Gasteiger partial charge on any atom is -0.494 e. The number of carbonyl (C=O) groups excluding carboxylic acids is 1. The number of nitrogens with zero attached hydrogens (tertiary/aromatic N) is 5. The fourth-order valence-electron chi connectivity index (χ4n) is 4.52. The molecule has 0 unspecified atom stereocenters. The summed E-state index contributed by atoms with van der Waals surface area (Å²) >= 11 is 0. The Morgan fingerprint density at radius 1 is 1.20 bits per heavy atom. The molecule has 0 radical (unpaired) electrons. The van der Waals surface area contributed by atoms with Crippen LogP contribution in [-0.4, -0.2) is 51.5 Å². The SMILES string of the molecule is COc1ccccc1-n1nccc(C(=O)Nc2ccc3c(nc(C)n3C)c2N2CC[C@H](N)C2)c1=O. The molecule has 4 aromatic rings. The van der Waals surface area contributed by atoms with Gasteiger partial charge in [-0.1, -0.05) is 12.1 Å². The van der Waals surface area contributed by atoms with Crippen LogP contribution in [0.25, 0.3) is 16.7 Å². The summed E-state index contributed by atoms with van der Waals surface area (Å²) in [5, 5.41) is 7.10. The molecule has 5 rings (SSSR count). The number of rotatable bonds is 5. The van der Waals surface area contributed by atoms with E-state index in [0.717, 1.165) is 35.5 Å². The predicted octanol–water partition coefficient (Wildman–Crippen LogP) is 2.23. The molecule has 1 amide bonds. The first kappa shape index (κ1) is 22.6. The number of anilines is 2. The zero-order chi connectivity index (χ0) is 24.7. The third-order valence-electron chi connectivity index (χ3n) is 6.44. The largest absolute Gasteiger partial charge is 0.494 e. The highest BCUT2D eigenvalue weighted by Crippen LogP contribution is 2.36. The Morgan fingerprint density at radius 3 is 2.74 bits per heavy atom. The van der Waals surface area contributed by atoms with Crippen molar-refractivity contribution in [2.45, 2.75) is 19.4 Å². The molecule has 1 aliphatic heterocycles. The highest BCUT2D eigenvalue weighted by molar-refractivity contribution is 6.09. The van der Waals surface area contributed by atoms with Gasteiger partial charge < -0.3 is 25.3 Å². The first-order valence-electron chi connectivity index (χ1n) is 11.4. The van der Waals surface area contributed by atoms with Gasteiger partial charge in [0.25, 0.3) is 11.5 Å². The fraction of sp³-hybridized carbons (Fsp3) is 0.280. The van der Waals surface area contributed by atoms with Gasteiger partial charge in [-0.3, -0.25) is 9.59 Å². The number of benzene rings is 2. The van der Waals surface area contributed by atoms with E-state index >= 15 is 0 Å². The minimum atomic E-state index is -0.547. The zero-order valence-electron chi connectivity index (χ0n) is 19.9. The van der Waals surface area contributed by atoms with E-state index in [-0.39, 0.29) is 11.6 Å². The summed E-state index contributed by atoms with van der Waals surface area (Å²) in [5.74, 6) is 0.808. The van der Waals surface area contributed by atoms with E-state index in [1.54, 1.807) is 24.3 Å². The van der Waals surface area contributed by atoms with Crippen molar-refractivity contribution in [3.63, 3.8) is 0 Å².